The van der Waals surface area contributed by atoms with Crippen LogP contribution in [-0.4, -0.2) is 45.8 Å². The lowest BCUT2D eigenvalue weighted by Crippen LogP contribution is -2.47. The van der Waals surface area contributed by atoms with Crippen molar-refractivity contribution in [1.29, 1.82) is 0 Å². The minimum Gasteiger partial charge on any atom is -0.370 e. The van der Waals surface area contributed by atoms with E-state index in [0.717, 1.165) is 55.5 Å². The molecule has 7 nitrogen and oxygen atoms in total. The summed E-state index contributed by atoms with van der Waals surface area (Å²) in [5.41, 5.74) is 8.42. The van der Waals surface area contributed by atoms with Crippen molar-refractivity contribution >= 4 is 17.5 Å². The highest BCUT2D eigenvalue weighted by atomic mass is 16.1. The first-order valence-corrected chi connectivity index (χ1v) is 9.32. The van der Waals surface area contributed by atoms with E-state index in [2.05, 4.69) is 39.5 Å². The summed E-state index contributed by atoms with van der Waals surface area (Å²) in [5.74, 6) is 0.970. The Balaban J connectivity index is 1.73. The lowest BCUT2D eigenvalue weighted by Gasteiger charge is -2.34. The molecule has 0 aliphatic carbocycles. The standard InChI is InChI=1S/C19H28N6O/c1-3-21-19(24-9-5-7-15(12-24)10-17(20)26)22-11-16-13-25-14(2)6-4-8-18(25)23-16/h4,6,8,13,15H,3,5,7,9-12H2,1-2H3,(H2,20,26)(H,21,22). The van der Waals surface area contributed by atoms with Crippen LogP contribution in [0.5, 0.6) is 0 Å². The van der Waals surface area contributed by atoms with E-state index in [1.165, 1.54) is 0 Å². The van der Waals surface area contributed by atoms with Crippen molar-refractivity contribution in [2.45, 2.75) is 39.7 Å². The molecule has 1 fully saturated rings. The van der Waals surface area contributed by atoms with Crippen molar-refractivity contribution in [2.24, 2.45) is 16.6 Å². The normalized spacial score (nSPS) is 18.3. The molecule has 140 valence electrons. The number of likely N-dealkylation sites (tertiary alicyclic amines) is 1. The zero-order valence-electron chi connectivity index (χ0n) is 15.6. The molecule has 0 bridgehead atoms. The molecule has 1 atom stereocenters. The predicted molar refractivity (Wildman–Crippen MR) is 103 cm³/mol. The van der Waals surface area contributed by atoms with Gasteiger partial charge in [0.2, 0.25) is 5.91 Å². The smallest absolute Gasteiger partial charge is 0.217 e. The summed E-state index contributed by atoms with van der Waals surface area (Å²) in [7, 11) is 0. The van der Waals surface area contributed by atoms with Gasteiger partial charge in [0.05, 0.1) is 12.2 Å². The van der Waals surface area contributed by atoms with Gasteiger partial charge < -0.3 is 20.4 Å². The zero-order valence-corrected chi connectivity index (χ0v) is 15.6. The van der Waals surface area contributed by atoms with Crippen LogP contribution >= 0.6 is 0 Å². The SMILES string of the molecule is CCNC(=NCc1cn2c(C)cccc2n1)N1CCCC(CC(N)=O)C1. The molecule has 2 aromatic heterocycles. The highest BCUT2D eigenvalue weighted by Crippen LogP contribution is 2.19. The Kier molecular flexibility index (Phi) is 5.75. The maximum Gasteiger partial charge on any atom is 0.217 e. The maximum absolute atomic E-state index is 11.2. The van der Waals surface area contributed by atoms with Crippen LogP contribution in [0.2, 0.25) is 0 Å². The summed E-state index contributed by atoms with van der Waals surface area (Å²) >= 11 is 0. The second-order valence-corrected chi connectivity index (χ2v) is 6.92. The van der Waals surface area contributed by atoms with Crippen LogP contribution in [0, 0.1) is 12.8 Å². The molecule has 3 rings (SSSR count). The van der Waals surface area contributed by atoms with E-state index >= 15 is 0 Å². The summed E-state index contributed by atoms with van der Waals surface area (Å²) in [4.78, 5) is 22.9. The number of aryl methyl sites for hydroxylation is 1. The van der Waals surface area contributed by atoms with E-state index in [9.17, 15) is 4.79 Å². The maximum atomic E-state index is 11.2. The monoisotopic (exact) mass is 356 g/mol. The first kappa shape index (κ1) is 18.2. The number of carbonyl (C=O) groups excluding carboxylic acids is 1. The van der Waals surface area contributed by atoms with E-state index in [-0.39, 0.29) is 5.91 Å². The van der Waals surface area contributed by atoms with Crippen LogP contribution < -0.4 is 11.1 Å². The number of aromatic nitrogens is 2. The zero-order chi connectivity index (χ0) is 18.5. The third kappa shape index (κ3) is 4.33. The largest absolute Gasteiger partial charge is 0.370 e. The minimum absolute atomic E-state index is 0.223. The van der Waals surface area contributed by atoms with Gasteiger partial charge in [-0.05, 0) is 44.7 Å². The molecule has 1 aliphatic rings. The number of hydrogen-bond donors (Lipinski definition) is 2. The van der Waals surface area contributed by atoms with E-state index in [1.807, 2.05) is 18.3 Å². The highest BCUT2D eigenvalue weighted by molar-refractivity contribution is 5.80. The third-order valence-electron chi connectivity index (χ3n) is 4.78. The molecule has 1 unspecified atom stereocenters. The number of primary amides is 1. The first-order valence-electron chi connectivity index (χ1n) is 9.32. The number of carbonyl (C=O) groups is 1. The van der Waals surface area contributed by atoms with E-state index in [1.54, 1.807) is 0 Å². The molecule has 7 heteroatoms. The number of nitrogens with one attached hydrogen (secondary N) is 1. The van der Waals surface area contributed by atoms with Crippen LogP contribution in [0.25, 0.3) is 5.65 Å². The molecule has 26 heavy (non-hydrogen) atoms. The van der Waals surface area contributed by atoms with E-state index < -0.39 is 0 Å². The molecule has 1 saturated heterocycles. The van der Waals surface area contributed by atoms with Crippen LogP contribution in [0.15, 0.2) is 29.4 Å². The number of rotatable bonds is 5. The van der Waals surface area contributed by atoms with Gasteiger partial charge in [0.15, 0.2) is 5.96 Å². The average Bonchev–Trinajstić information content (AvgIpc) is 3.03. The number of nitrogens with two attached hydrogens (primary N) is 1. The number of amides is 1. The topological polar surface area (TPSA) is 88.0 Å². The quantitative estimate of drug-likeness (QED) is 0.630. The Morgan fingerprint density at radius 1 is 1.46 bits per heavy atom. The van der Waals surface area contributed by atoms with Crippen LogP contribution in [-0.2, 0) is 11.3 Å². The summed E-state index contributed by atoms with van der Waals surface area (Å²) < 4.78 is 2.08. The molecule has 3 N–H and O–H groups in total. The van der Waals surface area contributed by atoms with Gasteiger partial charge in [-0.25, -0.2) is 9.98 Å². The average molecular weight is 356 g/mol. The summed E-state index contributed by atoms with van der Waals surface area (Å²) in [6.07, 6.45) is 4.59. The number of piperidine rings is 1. The number of nitrogens with zero attached hydrogens (tertiary/aromatic N) is 4. The number of hydrogen-bond acceptors (Lipinski definition) is 3. The van der Waals surface area contributed by atoms with Crippen molar-refractivity contribution in [3.63, 3.8) is 0 Å². The molecular formula is C19H28N6O. The van der Waals surface area contributed by atoms with Crippen LogP contribution in [0.3, 0.4) is 0 Å². The molecule has 1 amide bonds. The van der Waals surface area contributed by atoms with Crippen molar-refractivity contribution in [1.82, 2.24) is 19.6 Å². The highest BCUT2D eigenvalue weighted by Gasteiger charge is 2.23. The third-order valence-corrected chi connectivity index (χ3v) is 4.78. The molecule has 1 aliphatic heterocycles. The van der Waals surface area contributed by atoms with Gasteiger partial charge in [0.1, 0.15) is 5.65 Å². The Labute approximate surface area is 154 Å². The van der Waals surface area contributed by atoms with E-state index in [4.69, 9.17) is 10.7 Å². The first-order chi connectivity index (χ1) is 12.6. The molecule has 0 saturated carbocycles. The van der Waals surface area contributed by atoms with Crippen molar-refractivity contribution < 1.29 is 4.79 Å². The number of aliphatic imine (C=N–C) groups is 1. The number of guanidine groups is 1. The number of imidazole rings is 1. The summed E-state index contributed by atoms with van der Waals surface area (Å²) in [5, 5.41) is 3.37. The second-order valence-electron chi connectivity index (χ2n) is 6.92. The molecule has 2 aromatic rings. The lowest BCUT2D eigenvalue weighted by molar-refractivity contribution is -0.119. The summed E-state index contributed by atoms with van der Waals surface area (Å²) in [6.45, 7) is 7.23. The van der Waals surface area contributed by atoms with Gasteiger partial charge in [-0.15, -0.1) is 0 Å². The Hall–Kier alpha value is -2.57. The van der Waals surface area contributed by atoms with Gasteiger partial charge in [-0.3, -0.25) is 4.79 Å². The molecule has 0 spiro atoms. The molecule has 0 radical (unpaired) electrons. The van der Waals surface area contributed by atoms with Crippen LogP contribution in [0.1, 0.15) is 37.6 Å². The molecule has 0 aromatic carbocycles. The van der Waals surface area contributed by atoms with Crippen molar-refractivity contribution in [2.75, 3.05) is 19.6 Å². The van der Waals surface area contributed by atoms with E-state index in [0.29, 0.717) is 18.9 Å². The van der Waals surface area contributed by atoms with Gasteiger partial charge in [-0.1, -0.05) is 6.07 Å². The fraction of sp³-hybridized carbons (Fsp3) is 0.526. The second kappa shape index (κ2) is 8.21. The van der Waals surface area contributed by atoms with Crippen molar-refractivity contribution in [3.8, 4) is 0 Å². The molecule has 3 heterocycles. The van der Waals surface area contributed by atoms with Crippen LogP contribution in [0.4, 0.5) is 0 Å². The minimum atomic E-state index is -0.223. The van der Waals surface area contributed by atoms with Gasteiger partial charge in [0.25, 0.3) is 0 Å². The fourth-order valence-electron chi connectivity index (χ4n) is 3.57. The van der Waals surface area contributed by atoms with Gasteiger partial charge >= 0.3 is 0 Å². The number of fused-ring (bicyclic) bond motifs is 1. The summed E-state index contributed by atoms with van der Waals surface area (Å²) in [6, 6.07) is 6.09. The van der Waals surface area contributed by atoms with Gasteiger partial charge in [-0.2, -0.15) is 0 Å². The number of pyridine rings is 1. The Morgan fingerprint density at radius 3 is 3.04 bits per heavy atom. The van der Waals surface area contributed by atoms with Gasteiger partial charge in [0, 0.05) is 37.9 Å². The van der Waals surface area contributed by atoms with Crippen molar-refractivity contribution in [3.05, 3.63) is 35.8 Å². The Morgan fingerprint density at radius 2 is 2.31 bits per heavy atom. The predicted octanol–water partition coefficient (Wildman–Crippen LogP) is 1.70. The Bertz CT molecular complexity index is 796. The fourth-order valence-corrected chi connectivity index (χ4v) is 3.57. The molecular weight excluding hydrogens is 328 g/mol. The lowest BCUT2D eigenvalue weighted by atomic mass is 9.95.